The number of allylic oxidation sites excluding steroid dienone is 1. The van der Waals surface area contributed by atoms with E-state index in [0.29, 0.717) is 11.5 Å². The van der Waals surface area contributed by atoms with Crippen LogP contribution in [0.25, 0.3) is 0 Å². The van der Waals surface area contributed by atoms with Crippen LogP contribution < -0.4 is 5.43 Å². The van der Waals surface area contributed by atoms with E-state index in [-0.39, 0.29) is 23.0 Å². The summed E-state index contributed by atoms with van der Waals surface area (Å²) < 4.78 is 43.8. The summed E-state index contributed by atoms with van der Waals surface area (Å²) in [6.07, 6.45) is -4.55. The van der Waals surface area contributed by atoms with Crippen molar-refractivity contribution in [1.29, 1.82) is 0 Å². The Hall–Kier alpha value is -1.74. The van der Waals surface area contributed by atoms with E-state index in [2.05, 4.69) is 10.6 Å². The molecule has 1 aromatic rings. The van der Waals surface area contributed by atoms with Gasteiger partial charge in [0.1, 0.15) is 0 Å². The number of hydrazine groups is 1. The van der Waals surface area contributed by atoms with Gasteiger partial charge >= 0.3 is 6.18 Å². The maximum Gasteiger partial charge on any atom is 0.411 e. The van der Waals surface area contributed by atoms with Gasteiger partial charge in [-0.05, 0) is 20.9 Å². The number of halogens is 3. The van der Waals surface area contributed by atoms with Crippen molar-refractivity contribution in [2.75, 3.05) is 7.05 Å². The fourth-order valence-electron chi connectivity index (χ4n) is 2.11. The van der Waals surface area contributed by atoms with Gasteiger partial charge in [-0.25, -0.2) is 5.43 Å². The van der Waals surface area contributed by atoms with Crippen molar-refractivity contribution < 1.29 is 17.7 Å². The van der Waals surface area contributed by atoms with Crippen LogP contribution in [-0.4, -0.2) is 34.5 Å². The molecular weight excluding hydrogens is 277 g/mol. The Morgan fingerprint density at radius 3 is 2.55 bits per heavy atom. The molecule has 1 aliphatic heterocycles. The number of alkyl halides is 3. The minimum atomic E-state index is -4.55. The topological polar surface area (TPSA) is 67.6 Å². The van der Waals surface area contributed by atoms with Gasteiger partial charge in [0.2, 0.25) is 0 Å². The average Bonchev–Trinajstić information content (AvgIpc) is 2.84. The second-order valence-corrected chi connectivity index (χ2v) is 4.59. The molecule has 0 aromatic carbocycles. The lowest BCUT2D eigenvalue weighted by molar-refractivity contribution is -0.154. The number of nitrogens with zero attached hydrogens (tertiary/aromatic N) is 3. The largest absolute Gasteiger partial charge is 0.759 e. The van der Waals surface area contributed by atoms with Crippen LogP contribution in [0.2, 0.25) is 0 Å². The van der Waals surface area contributed by atoms with E-state index in [1.807, 2.05) is 0 Å². The molecule has 0 spiro atoms. The molecular formula is C11H14F3N4O2-. The predicted octanol–water partition coefficient (Wildman–Crippen LogP) is 1.90. The highest BCUT2D eigenvalue weighted by molar-refractivity contribution is 5.24. The summed E-state index contributed by atoms with van der Waals surface area (Å²) in [5.74, 6) is 0.407. The first-order valence-electron chi connectivity index (χ1n) is 5.84. The van der Waals surface area contributed by atoms with Gasteiger partial charge in [0.15, 0.2) is 11.8 Å². The molecule has 1 unspecified atom stereocenters. The van der Waals surface area contributed by atoms with E-state index < -0.39 is 12.2 Å². The molecule has 20 heavy (non-hydrogen) atoms. The zero-order valence-electron chi connectivity index (χ0n) is 11.2. The molecule has 1 N–H and O–H groups in total. The summed E-state index contributed by atoms with van der Waals surface area (Å²) in [5.41, 5.74) is 2.76. The van der Waals surface area contributed by atoms with Crippen LogP contribution in [0, 0.1) is 12.1 Å². The van der Waals surface area contributed by atoms with Crippen molar-refractivity contribution in [2.24, 2.45) is 0 Å². The molecule has 2 rings (SSSR count). The number of nitrogens with one attached hydrogen (secondary N) is 1. The third kappa shape index (κ3) is 2.73. The van der Waals surface area contributed by atoms with E-state index in [9.17, 15) is 18.4 Å². The van der Waals surface area contributed by atoms with Gasteiger partial charge in [0.25, 0.3) is 0 Å². The van der Waals surface area contributed by atoms with Crippen molar-refractivity contribution in [1.82, 2.24) is 20.7 Å². The van der Waals surface area contributed by atoms with Gasteiger partial charge in [0, 0.05) is 11.8 Å². The smallest absolute Gasteiger partial charge is 0.411 e. The summed E-state index contributed by atoms with van der Waals surface area (Å²) in [7, 11) is 1.04. The van der Waals surface area contributed by atoms with Crippen molar-refractivity contribution in [3.63, 3.8) is 0 Å². The number of aryl methyl sites for hydroxylation is 1. The number of hydroxylamine groups is 2. The molecule has 0 aliphatic carbocycles. The van der Waals surface area contributed by atoms with Gasteiger partial charge in [-0.15, -0.1) is 0 Å². The molecule has 0 saturated heterocycles. The Morgan fingerprint density at radius 1 is 1.50 bits per heavy atom. The Morgan fingerprint density at radius 2 is 2.15 bits per heavy atom. The number of hydrogen-bond donors (Lipinski definition) is 1. The Labute approximate surface area is 113 Å². The number of aromatic nitrogens is 1. The molecule has 1 aliphatic rings. The number of hydrogen-bond acceptors (Lipinski definition) is 6. The van der Waals surface area contributed by atoms with E-state index in [0.717, 1.165) is 7.05 Å². The maximum atomic E-state index is 12.9. The molecule has 0 amide bonds. The first-order valence-corrected chi connectivity index (χ1v) is 5.84. The van der Waals surface area contributed by atoms with E-state index in [1.54, 1.807) is 13.0 Å². The van der Waals surface area contributed by atoms with Crippen LogP contribution in [0.5, 0.6) is 0 Å². The summed E-state index contributed by atoms with van der Waals surface area (Å²) in [6.45, 7) is 3.21. The van der Waals surface area contributed by atoms with Crippen LogP contribution >= 0.6 is 0 Å². The highest BCUT2D eigenvalue weighted by Gasteiger charge is 2.48. The van der Waals surface area contributed by atoms with Crippen molar-refractivity contribution in [3.05, 3.63) is 34.1 Å². The Kier molecular flexibility index (Phi) is 3.65. The van der Waals surface area contributed by atoms with Gasteiger partial charge in [-0.3, -0.25) is 0 Å². The average molecular weight is 291 g/mol. The maximum absolute atomic E-state index is 12.9. The van der Waals surface area contributed by atoms with Crippen molar-refractivity contribution >= 4 is 0 Å². The Balaban J connectivity index is 2.24. The highest BCUT2D eigenvalue weighted by atomic mass is 19.4. The van der Waals surface area contributed by atoms with E-state index in [4.69, 9.17) is 4.52 Å². The molecule has 112 valence electrons. The SMILES string of the molecule is CC1=C(N(C)[O-])C(C(F)(F)F)NN1Cc1cc(C)no1. The van der Waals surface area contributed by atoms with Gasteiger partial charge in [-0.2, -0.15) is 13.2 Å². The molecule has 0 fully saturated rings. The second kappa shape index (κ2) is 4.98. The minimum absolute atomic E-state index is 0.0522. The molecule has 6 nitrogen and oxygen atoms in total. The molecule has 9 heteroatoms. The summed E-state index contributed by atoms with van der Waals surface area (Å²) in [5, 5.41) is 16.5. The third-order valence-electron chi connectivity index (χ3n) is 2.99. The van der Waals surface area contributed by atoms with Crippen LogP contribution in [0.4, 0.5) is 13.2 Å². The predicted molar refractivity (Wildman–Crippen MR) is 63.6 cm³/mol. The lowest BCUT2D eigenvalue weighted by Crippen LogP contribution is -2.46. The number of rotatable bonds is 3. The van der Waals surface area contributed by atoms with Gasteiger partial charge in [-0.1, -0.05) is 5.16 Å². The first kappa shape index (κ1) is 14.7. The van der Waals surface area contributed by atoms with Crippen molar-refractivity contribution in [2.45, 2.75) is 32.6 Å². The second-order valence-electron chi connectivity index (χ2n) is 4.59. The fourth-order valence-corrected chi connectivity index (χ4v) is 2.11. The zero-order chi connectivity index (χ0) is 15.1. The fraction of sp³-hybridized carbons (Fsp3) is 0.545. The molecule has 0 saturated carbocycles. The normalized spacial score (nSPS) is 19.9. The molecule has 2 heterocycles. The van der Waals surface area contributed by atoms with E-state index >= 15 is 0 Å². The first-order chi connectivity index (χ1) is 9.20. The standard InChI is InChI=1S/C11H14F3N4O2/c1-6-4-8(20-16-6)5-18-7(2)9(17(3)19)10(15-18)11(12,13)14/h4,10,15H,5H2,1-3H3/q-1. The van der Waals surface area contributed by atoms with Crippen LogP contribution in [0.3, 0.4) is 0 Å². The Bertz CT molecular complexity index is 524. The van der Waals surface area contributed by atoms with Crippen LogP contribution in [0.1, 0.15) is 18.4 Å². The molecule has 1 aromatic heterocycles. The van der Waals surface area contributed by atoms with Crippen molar-refractivity contribution in [3.8, 4) is 0 Å². The molecule has 0 bridgehead atoms. The molecule has 1 atom stereocenters. The quantitative estimate of drug-likeness (QED) is 0.858. The zero-order valence-corrected chi connectivity index (χ0v) is 11.2. The lowest BCUT2D eigenvalue weighted by Gasteiger charge is -2.31. The monoisotopic (exact) mass is 291 g/mol. The highest BCUT2D eigenvalue weighted by Crippen LogP contribution is 2.34. The van der Waals surface area contributed by atoms with E-state index in [1.165, 1.54) is 11.9 Å². The van der Waals surface area contributed by atoms with Gasteiger partial charge in [0.05, 0.1) is 17.9 Å². The minimum Gasteiger partial charge on any atom is -0.759 e. The number of likely N-dealkylation sites (N-methyl/N-ethyl adjacent to an activating group) is 1. The molecule has 0 radical (unpaired) electrons. The van der Waals surface area contributed by atoms with Crippen LogP contribution in [0.15, 0.2) is 22.0 Å². The summed E-state index contributed by atoms with van der Waals surface area (Å²) in [4.78, 5) is 0. The lowest BCUT2D eigenvalue weighted by atomic mass is 10.2. The van der Waals surface area contributed by atoms with Crippen LogP contribution in [-0.2, 0) is 6.54 Å². The summed E-state index contributed by atoms with van der Waals surface area (Å²) >= 11 is 0. The summed E-state index contributed by atoms with van der Waals surface area (Å²) in [6, 6.07) is -0.398. The van der Waals surface area contributed by atoms with Gasteiger partial charge < -0.3 is 19.8 Å². The third-order valence-corrected chi connectivity index (χ3v) is 2.99.